The molecule has 0 bridgehead atoms. The van der Waals surface area contributed by atoms with Crippen molar-refractivity contribution in [2.75, 3.05) is 11.9 Å². The Kier molecular flexibility index (Phi) is 7.33. The van der Waals surface area contributed by atoms with E-state index >= 15 is 0 Å². The van der Waals surface area contributed by atoms with Crippen LogP contribution in [0.3, 0.4) is 0 Å². The normalized spacial score (nSPS) is 23.0. The average molecular weight is 595 g/mol. The van der Waals surface area contributed by atoms with E-state index in [-0.39, 0.29) is 35.9 Å². The Labute approximate surface area is 253 Å². The molecule has 0 aromatic carbocycles. The molecule has 7 rings (SSSR count). The SMILES string of the molecule is N#Cc1cnn2c(-c3cc(NC4CC(COC(N)=O)C4)c(-c4cn(C5CCC(NC(=O)C6CC6)CC5)nn4)cn3)ccc2c1. The van der Waals surface area contributed by atoms with Crippen LogP contribution in [0.25, 0.3) is 28.2 Å². The van der Waals surface area contributed by atoms with Gasteiger partial charge < -0.3 is 21.1 Å². The van der Waals surface area contributed by atoms with Crippen LogP contribution in [0.2, 0.25) is 0 Å². The number of nitrogens with zero attached hydrogens (tertiary/aromatic N) is 7. The third kappa shape index (κ3) is 5.79. The highest BCUT2D eigenvalue weighted by Crippen LogP contribution is 2.37. The van der Waals surface area contributed by atoms with Crippen LogP contribution < -0.4 is 16.4 Å². The van der Waals surface area contributed by atoms with Crippen LogP contribution in [0.15, 0.2) is 42.9 Å². The van der Waals surface area contributed by atoms with Crippen molar-refractivity contribution < 1.29 is 14.3 Å². The van der Waals surface area contributed by atoms with Crippen molar-refractivity contribution in [2.24, 2.45) is 17.6 Å². The largest absolute Gasteiger partial charge is 0.449 e. The van der Waals surface area contributed by atoms with Gasteiger partial charge in [-0.25, -0.2) is 14.0 Å². The van der Waals surface area contributed by atoms with Crippen LogP contribution in [0, 0.1) is 23.2 Å². The molecule has 3 fully saturated rings. The predicted molar refractivity (Wildman–Crippen MR) is 160 cm³/mol. The molecule has 3 aliphatic rings. The Morgan fingerprint density at radius 1 is 1.05 bits per heavy atom. The van der Waals surface area contributed by atoms with Crippen molar-refractivity contribution in [3.63, 3.8) is 0 Å². The molecule has 0 unspecified atom stereocenters. The smallest absolute Gasteiger partial charge is 0.404 e. The first-order chi connectivity index (χ1) is 21.4. The number of carbonyl (C=O) groups is 2. The second-order valence-electron chi connectivity index (χ2n) is 12.2. The molecule has 4 heterocycles. The lowest BCUT2D eigenvalue weighted by Crippen LogP contribution is -2.38. The van der Waals surface area contributed by atoms with Gasteiger partial charge in [-0.15, -0.1) is 5.10 Å². The summed E-state index contributed by atoms with van der Waals surface area (Å²) in [6, 6.07) is 10.4. The molecular weight excluding hydrogens is 560 g/mol. The van der Waals surface area contributed by atoms with E-state index in [1.54, 1.807) is 16.8 Å². The van der Waals surface area contributed by atoms with Crippen molar-refractivity contribution in [1.82, 2.24) is 34.9 Å². The van der Waals surface area contributed by atoms with Crippen LogP contribution >= 0.6 is 0 Å². The number of anilines is 1. The summed E-state index contributed by atoms with van der Waals surface area (Å²) in [5.74, 6) is 0.691. The third-order valence-corrected chi connectivity index (χ3v) is 9.00. The van der Waals surface area contributed by atoms with Crippen molar-refractivity contribution in [1.29, 1.82) is 5.26 Å². The Balaban J connectivity index is 1.11. The van der Waals surface area contributed by atoms with Gasteiger partial charge in [0.25, 0.3) is 0 Å². The van der Waals surface area contributed by atoms with Gasteiger partial charge in [-0.3, -0.25) is 9.78 Å². The van der Waals surface area contributed by atoms with Crippen molar-refractivity contribution in [3.8, 4) is 28.7 Å². The molecule has 0 radical (unpaired) electrons. The van der Waals surface area contributed by atoms with Gasteiger partial charge in [-0.05, 0) is 81.5 Å². The number of nitrogens with one attached hydrogen (secondary N) is 2. The quantitative estimate of drug-likeness (QED) is 0.260. The van der Waals surface area contributed by atoms with Crippen molar-refractivity contribution in [2.45, 2.75) is 69.5 Å². The molecule has 3 aliphatic carbocycles. The molecule has 0 saturated heterocycles. The highest BCUT2D eigenvalue weighted by molar-refractivity contribution is 5.81. The van der Waals surface area contributed by atoms with E-state index in [2.05, 4.69) is 32.1 Å². The van der Waals surface area contributed by atoms with Gasteiger partial charge in [0.15, 0.2) is 0 Å². The van der Waals surface area contributed by atoms with Gasteiger partial charge in [0.1, 0.15) is 11.8 Å². The second kappa shape index (κ2) is 11.6. The molecule has 4 aromatic heterocycles. The van der Waals surface area contributed by atoms with Crippen LogP contribution in [-0.4, -0.2) is 60.3 Å². The van der Waals surface area contributed by atoms with E-state index in [4.69, 9.17) is 15.5 Å². The highest BCUT2D eigenvalue weighted by atomic mass is 16.5. The van der Waals surface area contributed by atoms with Crippen molar-refractivity contribution in [3.05, 3.63) is 48.4 Å². The fraction of sp³-hybridized carbons (Fsp3) is 0.452. The minimum atomic E-state index is -0.753. The maximum Gasteiger partial charge on any atom is 0.404 e. The van der Waals surface area contributed by atoms with Gasteiger partial charge in [0.05, 0.1) is 47.5 Å². The zero-order chi connectivity index (χ0) is 30.2. The van der Waals surface area contributed by atoms with E-state index in [0.717, 1.165) is 85.2 Å². The van der Waals surface area contributed by atoms with Crippen LogP contribution in [0.4, 0.5) is 10.5 Å². The van der Waals surface area contributed by atoms with E-state index in [0.29, 0.717) is 12.2 Å². The number of ether oxygens (including phenoxy) is 1. The van der Waals surface area contributed by atoms with Gasteiger partial charge in [-0.2, -0.15) is 10.4 Å². The number of nitriles is 1. The van der Waals surface area contributed by atoms with Crippen LogP contribution in [-0.2, 0) is 9.53 Å². The lowest BCUT2D eigenvalue weighted by molar-refractivity contribution is -0.123. The number of hydrogen-bond donors (Lipinski definition) is 3. The Bertz CT molecular complexity index is 1740. The molecule has 0 spiro atoms. The first kappa shape index (κ1) is 27.8. The fourth-order valence-electron chi connectivity index (χ4n) is 6.31. The monoisotopic (exact) mass is 594 g/mol. The Morgan fingerprint density at radius 3 is 2.61 bits per heavy atom. The highest BCUT2D eigenvalue weighted by Gasteiger charge is 2.33. The van der Waals surface area contributed by atoms with Crippen molar-refractivity contribution >= 4 is 23.2 Å². The Morgan fingerprint density at radius 2 is 1.86 bits per heavy atom. The first-order valence-electron chi connectivity index (χ1n) is 15.2. The second-order valence-corrected chi connectivity index (χ2v) is 12.2. The zero-order valence-corrected chi connectivity index (χ0v) is 24.2. The number of pyridine rings is 1. The summed E-state index contributed by atoms with van der Waals surface area (Å²) < 4.78 is 8.71. The zero-order valence-electron chi connectivity index (χ0n) is 24.2. The number of carbonyl (C=O) groups excluding carboxylic acids is 2. The van der Waals surface area contributed by atoms with E-state index < -0.39 is 6.09 Å². The summed E-state index contributed by atoms with van der Waals surface area (Å²) in [5, 5.41) is 29.6. The molecule has 4 N–H and O–H groups in total. The number of nitrogens with two attached hydrogens (primary N) is 1. The van der Waals surface area contributed by atoms with Gasteiger partial charge in [-0.1, -0.05) is 5.21 Å². The van der Waals surface area contributed by atoms with Gasteiger partial charge in [0.2, 0.25) is 5.91 Å². The maximum atomic E-state index is 12.2. The number of fused-ring (bicyclic) bond motifs is 1. The number of hydrogen-bond acceptors (Lipinski definition) is 9. The lowest BCUT2D eigenvalue weighted by Gasteiger charge is -2.36. The van der Waals surface area contributed by atoms with Crippen LogP contribution in [0.1, 0.15) is 63.0 Å². The van der Waals surface area contributed by atoms with E-state index in [9.17, 15) is 14.9 Å². The molecule has 226 valence electrons. The molecule has 0 aliphatic heterocycles. The standard InChI is InChI=1S/C31H34N10O3/c32-13-19-11-24-7-8-29(41(24)35-14-19)27-12-26(36-22-9-18(10-22)17-44-31(33)43)25(15-34-27)28-16-40(39-38-28)23-5-3-21(4-6-23)37-30(42)20-1-2-20/h7-8,11-12,14-16,18,20-23H,1-6,9-10,17H2,(H2,33,43)(H,34,36)(H,37,42). The molecule has 2 amide bonds. The lowest BCUT2D eigenvalue weighted by atomic mass is 9.80. The molecule has 13 heteroatoms. The molecule has 4 aromatic rings. The first-order valence-corrected chi connectivity index (χ1v) is 15.2. The molecule has 44 heavy (non-hydrogen) atoms. The minimum Gasteiger partial charge on any atom is -0.449 e. The Hall–Kier alpha value is -4.99. The summed E-state index contributed by atoms with van der Waals surface area (Å²) in [5.41, 5.74) is 10.4. The minimum absolute atomic E-state index is 0.182. The van der Waals surface area contributed by atoms with Gasteiger partial charge in [0, 0.05) is 35.4 Å². The number of aromatic nitrogens is 6. The molecule has 0 atom stereocenters. The van der Waals surface area contributed by atoms with Gasteiger partial charge >= 0.3 is 6.09 Å². The third-order valence-electron chi connectivity index (χ3n) is 9.00. The summed E-state index contributed by atoms with van der Waals surface area (Å²) in [6.07, 6.45) is 12.0. The summed E-state index contributed by atoms with van der Waals surface area (Å²) in [7, 11) is 0. The summed E-state index contributed by atoms with van der Waals surface area (Å²) in [4.78, 5) is 28.0. The molecular formula is C31H34N10O3. The summed E-state index contributed by atoms with van der Waals surface area (Å²) in [6.45, 7) is 0.315. The van der Waals surface area contributed by atoms with Crippen LogP contribution in [0.5, 0.6) is 0 Å². The number of primary amides is 1. The fourth-order valence-corrected chi connectivity index (χ4v) is 6.31. The molecule has 3 saturated carbocycles. The maximum absolute atomic E-state index is 12.2. The van der Waals surface area contributed by atoms with E-state index in [1.165, 1.54) is 0 Å². The predicted octanol–water partition coefficient (Wildman–Crippen LogP) is 3.82. The summed E-state index contributed by atoms with van der Waals surface area (Å²) >= 11 is 0. The number of amides is 2. The average Bonchev–Trinajstić information content (AvgIpc) is 3.61. The molecule has 13 nitrogen and oxygen atoms in total. The topological polar surface area (TPSA) is 178 Å². The number of rotatable bonds is 9. The van der Waals surface area contributed by atoms with E-state index in [1.807, 2.05) is 35.3 Å².